The fraction of sp³-hybridized carbons (Fsp3) is 0.800. The smallest absolute Gasteiger partial charge is 0.303 e. The molecule has 0 saturated heterocycles. The van der Waals surface area contributed by atoms with Crippen LogP contribution in [0.4, 0.5) is 0 Å². The van der Waals surface area contributed by atoms with E-state index in [9.17, 15) is 4.79 Å². The van der Waals surface area contributed by atoms with Gasteiger partial charge in [0.1, 0.15) is 0 Å². The molecule has 0 aromatic carbocycles. The molecule has 0 rings (SSSR count). The summed E-state index contributed by atoms with van der Waals surface area (Å²) >= 11 is 16.1. The van der Waals surface area contributed by atoms with E-state index >= 15 is 0 Å². The Bertz CT molecular complexity index is 119. The Morgan fingerprint density at radius 2 is 1.90 bits per heavy atom. The van der Waals surface area contributed by atoms with E-state index in [1.807, 2.05) is 0 Å². The van der Waals surface area contributed by atoms with Crippen molar-refractivity contribution >= 4 is 40.8 Å². The molecule has 60 valence electrons. The second kappa shape index (κ2) is 4.27. The molecule has 0 aromatic rings. The van der Waals surface area contributed by atoms with Gasteiger partial charge in [0.05, 0.1) is 0 Å². The Morgan fingerprint density at radius 1 is 1.40 bits per heavy atom. The van der Waals surface area contributed by atoms with Crippen LogP contribution in [-0.4, -0.2) is 14.9 Å². The summed E-state index contributed by atoms with van der Waals surface area (Å²) in [6.07, 6.45) is 0.726. The highest BCUT2D eigenvalue weighted by Gasteiger charge is 2.18. The number of halogens is 3. The molecule has 0 aliphatic heterocycles. The molecule has 0 fully saturated rings. The summed E-state index contributed by atoms with van der Waals surface area (Å²) in [5.41, 5.74) is 0. The molecule has 0 unspecified atom stereocenters. The minimum absolute atomic E-state index is 0.0495. The average molecular weight is 205 g/mol. The first-order valence-corrected chi connectivity index (χ1v) is 3.84. The third-order valence-corrected chi connectivity index (χ3v) is 1.42. The van der Waals surface area contributed by atoms with Gasteiger partial charge in [0, 0.05) is 6.42 Å². The molecule has 0 atom stereocenters. The van der Waals surface area contributed by atoms with E-state index < -0.39 is 9.76 Å². The van der Waals surface area contributed by atoms with Crippen molar-refractivity contribution in [1.29, 1.82) is 0 Å². The second-order valence-electron chi connectivity index (χ2n) is 1.86. The lowest BCUT2D eigenvalue weighted by molar-refractivity contribution is -0.137. The van der Waals surface area contributed by atoms with Crippen LogP contribution in [0.3, 0.4) is 0 Å². The summed E-state index contributed by atoms with van der Waals surface area (Å²) in [4.78, 5) is 9.96. The van der Waals surface area contributed by atoms with Gasteiger partial charge in [-0.25, -0.2) is 0 Å². The van der Waals surface area contributed by atoms with Crippen molar-refractivity contribution in [3.05, 3.63) is 0 Å². The molecule has 0 radical (unpaired) electrons. The highest BCUT2D eigenvalue weighted by atomic mass is 35.6. The predicted molar refractivity (Wildman–Crippen MR) is 41.8 cm³/mol. The first-order valence-electron chi connectivity index (χ1n) is 2.70. The monoisotopic (exact) mass is 204 g/mol. The molecule has 0 aromatic heterocycles. The van der Waals surface area contributed by atoms with Crippen molar-refractivity contribution in [3.8, 4) is 0 Å². The van der Waals surface area contributed by atoms with Crippen molar-refractivity contribution in [2.75, 3.05) is 0 Å². The molecule has 2 nitrogen and oxygen atoms in total. The molecule has 10 heavy (non-hydrogen) atoms. The van der Waals surface area contributed by atoms with Crippen molar-refractivity contribution in [1.82, 2.24) is 0 Å². The lowest BCUT2D eigenvalue weighted by atomic mass is 10.2. The largest absolute Gasteiger partial charge is 0.481 e. The normalized spacial score (nSPS) is 11.5. The summed E-state index contributed by atoms with van der Waals surface area (Å²) in [5, 5.41) is 8.18. The van der Waals surface area contributed by atoms with Gasteiger partial charge in [-0.05, 0) is 12.8 Å². The van der Waals surface area contributed by atoms with Gasteiger partial charge in [0.25, 0.3) is 0 Å². The molecule has 5 heteroatoms. The summed E-state index contributed by atoms with van der Waals surface area (Å²) in [6, 6.07) is 0. The third kappa shape index (κ3) is 8.34. The zero-order chi connectivity index (χ0) is 8.20. The number of aliphatic carboxylic acids is 1. The molecular formula is C5H7Cl3O2. The molecular weight excluding hydrogens is 198 g/mol. The van der Waals surface area contributed by atoms with Crippen LogP contribution in [0.2, 0.25) is 0 Å². The maximum atomic E-state index is 9.96. The van der Waals surface area contributed by atoms with Gasteiger partial charge in [-0.15, -0.1) is 0 Å². The van der Waals surface area contributed by atoms with Gasteiger partial charge in [0.2, 0.25) is 0 Å². The molecule has 0 bridgehead atoms. The standard InChI is InChI=1S/C5H7Cl3O2/c6-5(7,8)3-1-2-4(9)10/h1-3H2,(H,9,10). The Hall–Kier alpha value is 0.340. The van der Waals surface area contributed by atoms with Gasteiger partial charge >= 0.3 is 5.97 Å². The van der Waals surface area contributed by atoms with Gasteiger partial charge in [-0.3, -0.25) is 4.79 Å². The molecule has 1 N–H and O–H groups in total. The number of carboxylic acid groups (broad SMARTS) is 1. The van der Waals surface area contributed by atoms with Crippen LogP contribution < -0.4 is 0 Å². The van der Waals surface area contributed by atoms with Crippen molar-refractivity contribution in [2.45, 2.75) is 23.1 Å². The van der Waals surface area contributed by atoms with E-state index in [2.05, 4.69) is 0 Å². The summed E-state index contributed by atoms with van der Waals surface area (Å²) in [6.45, 7) is 0. The lowest BCUT2D eigenvalue weighted by Crippen LogP contribution is -2.03. The van der Waals surface area contributed by atoms with E-state index in [1.54, 1.807) is 0 Å². The fourth-order valence-electron chi connectivity index (χ4n) is 0.440. The number of rotatable bonds is 3. The first kappa shape index (κ1) is 10.3. The first-order chi connectivity index (χ1) is 4.42. The van der Waals surface area contributed by atoms with Gasteiger partial charge in [0.15, 0.2) is 3.79 Å². The highest BCUT2D eigenvalue weighted by molar-refractivity contribution is 6.67. The number of carbonyl (C=O) groups is 1. The zero-order valence-electron chi connectivity index (χ0n) is 5.11. The maximum Gasteiger partial charge on any atom is 0.303 e. The summed E-state index contributed by atoms with van der Waals surface area (Å²) in [5.74, 6) is -0.866. The predicted octanol–water partition coefficient (Wildman–Crippen LogP) is 2.61. The van der Waals surface area contributed by atoms with Crippen LogP contribution in [0.25, 0.3) is 0 Å². The van der Waals surface area contributed by atoms with Crippen LogP contribution >= 0.6 is 34.8 Å². The fourth-order valence-corrected chi connectivity index (χ4v) is 0.841. The van der Waals surface area contributed by atoms with E-state index in [-0.39, 0.29) is 12.8 Å². The van der Waals surface area contributed by atoms with Crippen LogP contribution in [0, 0.1) is 0 Å². The van der Waals surface area contributed by atoms with Gasteiger partial charge < -0.3 is 5.11 Å². The molecule has 0 amide bonds. The van der Waals surface area contributed by atoms with Crippen molar-refractivity contribution < 1.29 is 9.90 Å². The lowest BCUT2D eigenvalue weighted by Gasteiger charge is -2.07. The Morgan fingerprint density at radius 3 is 2.20 bits per heavy atom. The Labute approximate surface area is 74.1 Å². The minimum atomic E-state index is -1.31. The van der Waals surface area contributed by atoms with Crippen molar-refractivity contribution in [2.24, 2.45) is 0 Å². The van der Waals surface area contributed by atoms with Crippen LogP contribution in [0.15, 0.2) is 0 Å². The van der Waals surface area contributed by atoms with E-state index in [4.69, 9.17) is 39.9 Å². The quantitative estimate of drug-likeness (QED) is 0.719. The molecule has 0 saturated carbocycles. The summed E-state index contributed by atoms with van der Waals surface area (Å²) < 4.78 is -1.31. The maximum absolute atomic E-state index is 9.96. The number of hydrogen-bond donors (Lipinski definition) is 1. The minimum Gasteiger partial charge on any atom is -0.481 e. The molecule has 0 aliphatic carbocycles. The number of hydrogen-bond acceptors (Lipinski definition) is 1. The highest BCUT2D eigenvalue weighted by Crippen LogP contribution is 2.31. The summed E-state index contributed by atoms with van der Waals surface area (Å²) in [7, 11) is 0. The van der Waals surface area contributed by atoms with E-state index in [1.165, 1.54) is 0 Å². The van der Waals surface area contributed by atoms with E-state index in [0.717, 1.165) is 0 Å². The second-order valence-corrected chi connectivity index (χ2v) is 4.38. The molecule has 0 heterocycles. The van der Waals surface area contributed by atoms with Crippen molar-refractivity contribution in [3.63, 3.8) is 0 Å². The number of carboxylic acids is 1. The Balaban J connectivity index is 3.29. The SMILES string of the molecule is O=C(O)CCCC(Cl)(Cl)Cl. The van der Waals surface area contributed by atoms with Crippen LogP contribution in [-0.2, 0) is 4.79 Å². The Kier molecular flexibility index (Phi) is 4.41. The van der Waals surface area contributed by atoms with Gasteiger partial charge in [-0.2, -0.15) is 0 Å². The average Bonchev–Trinajstić information content (AvgIpc) is 1.59. The number of alkyl halides is 3. The van der Waals surface area contributed by atoms with Crippen LogP contribution in [0.5, 0.6) is 0 Å². The van der Waals surface area contributed by atoms with Crippen LogP contribution in [0.1, 0.15) is 19.3 Å². The zero-order valence-corrected chi connectivity index (χ0v) is 7.38. The van der Waals surface area contributed by atoms with E-state index in [0.29, 0.717) is 6.42 Å². The molecule has 0 aliphatic rings. The topological polar surface area (TPSA) is 37.3 Å². The molecule has 0 spiro atoms. The van der Waals surface area contributed by atoms with Gasteiger partial charge in [-0.1, -0.05) is 34.8 Å². The third-order valence-electron chi connectivity index (χ3n) is 0.851.